The van der Waals surface area contributed by atoms with Crippen molar-refractivity contribution in [3.63, 3.8) is 0 Å². The predicted octanol–water partition coefficient (Wildman–Crippen LogP) is 0.997. The molecule has 18 heavy (non-hydrogen) atoms. The minimum absolute atomic E-state index is 0.0102. The number of likely N-dealkylation sites (tertiary alicyclic amines) is 1. The van der Waals surface area contributed by atoms with Crippen molar-refractivity contribution in [3.05, 3.63) is 30.1 Å². The molecular weight excluding hydrogens is 228 g/mol. The average Bonchev–Trinajstić information content (AvgIpc) is 3.04. The van der Waals surface area contributed by atoms with Gasteiger partial charge in [0.1, 0.15) is 0 Å². The number of H-pyrrole nitrogens is 1. The quantitative estimate of drug-likeness (QED) is 0.828. The van der Waals surface area contributed by atoms with Crippen molar-refractivity contribution in [2.75, 3.05) is 20.1 Å². The number of imidazole rings is 1. The fourth-order valence-corrected chi connectivity index (χ4v) is 2.38. The van der Waals surface area contributed by atoms with Gasteiger partial charge >= 0.3 is 0 Å². The zero-order valence-electron chi connectivity index (χ0n) is 10.3. The number of fused-ring (bicyclic) bond motifs is 1. The first-order valence-corrected chi connectivity index (χ1v) is 6.19. The third kappa shape index (κ3) is 1.86. The average molecular weight is 244 g/mol. The second-order valence-electron chi connectivity index (χ2n) is 4.63. The number of aromatic amines is 1. The highest BCUT2D eigenvalue weighted by molar-refractivity contribution is 5.94. The maximum Gasteiger partial charge on any atom is 0.289 e. The summed E-state index contributed by atoms with van der Waals surface area (Å²) in [7, 11) is 1.93. The monoisotopic (exact) mass is 244 g/mol. The van der Waals surface area contributed by atoms with Gasteiger partial charge in [0.25, 0.3) is 5.91 Å². The normalized spacial score (nSPS) is 19.6. The summed E-state index contributed by atoms with van der Waals surface area (Å²) in [5.74, 6) is 0.428. The van der Waals surface area contributed by atoms with Crippen LogP contribution < -0.4 is 5.32 Å². The summed E-state index contributed by atoms with van der Waals surface area (Å²) in [5, 5.41) is 3.20. The molecule has 1 atom stereocenters. The lowest BCUT2D eigenvalue weighted by atomic mass is 10.3. The number of carbonyl (C=O) groups is 1. The number of hydrogen-bond acceptors (Lipinski definition) is 3. The van der Waals surface area contributed by atoms with E-state index in [0.717, 1.165) is 30.5 Å². The van der Waals surface area contributed by atoms with Gasteiger partial charge in [0.2, 0.25) is 0 Å². The molecule has 5 nitrogen and oxygen atoms in total. The van der Waals surface area contributed by atoms with Gasteiger partial charge in [-0.1, -0.05) is 12.1 Å². The number of para-hydroxylation sites is 2. The number of carbonyl (C=O) groups excluding carboxylic acids is 1. The number of amides is 1. The van der Waals surface area contributed by atoms with Crippen LogP contribution in [0.5, 0.6) is 0 Å². The Balaban J connectivity index is 1.84. The van der Waals surface area contributed by atoms with E-state index in [-0.39, 0.29) is 5.91 Å². The molecule has 1 aliphatic rings. The van der Waals surface area contributed by atoms with Crippen molar-refractivity contribution in [1.82, 2.24) is 20.2 Å². The zero-order chi connectivity index (χ0) is 12.5. The minimum Gasteiger partial charge on any atom is -0.334 e. The van der Waals surface area contributed by atoms with Gasteiger partial charge in [0, 0.05) is 19.1 Å². The van der Waals surface area contributed by atoms with Crippen molar-refractivity contribution < 1.29 is 4.79 Å². The molecule has 0 radical (unpaired) electrons. The second kappa shape index (κ2) is 4.42. The van der Waals surface area contributed by atoms with Crippen LogP contribution in [0.2, 0.25) is 0 Å². The maximum atomic E-state index is 12.3. The van der Waals surface area contributed by atoms with Crippen LogP contribution in [0.25, 0.3) is 11.0 Å². The van der Waals surface area contributed by atoms with Crippen molar-refractivity contribution >= 4 is 16.9 Å². The Kier molecular flexibility index (Phi) is 2.76. The molecule has 2 aromatic rings. The number of aromatic nitrogens is 2. The highest BCUT2D eigenvalue weighted by atomic mass is 16.2. The summed E-state index contributed by atoms with van der Waals surface area (Å²) in [4.78, 5) is 21.6. The van der Waals surface area contributed by atoms with E-state index in [2.05, 4.69) is 15.3 Å². The summed E-state index contributed by atoms with van der Waals surface area (Å²) >= 11 is 0. The molecule has 0 spiro atoms. The van der Waals surface area contributed by atoms with Gasteiger partial charge in [-0.15, -0.1) is 0 Å². The van der Waals surface area contributed by atoms with E-state index in [4.69, 9.17) is 0 Å². The van der Waals surface area contributed by atoms with Gasteiger partial charge in [-0.2, -0.15) is 0 Å². The fraction of sp³-hybridized carbons (Fsp3) is 0.385. The molecule has 0 bridgehead atoms. The molecule has 1 aromatic heterocycles. The van der Waals surface area contributed by atoms with Crippen LogP contribution in [0.4, 0.5) is 0 Å². The lowest BCUT2D eigenvalue weighted by Crippen LogP contribution is -2.33. The van der Waals surface area contributed by atoms with E-state index in [1.807, 2.05) is 36.2 Å². The van der Waals surface area contributed by atoms with E-state index in [0.29, 0.717) is 11.9 Å². The van der Waals surface area contributed by atoms with Crippen LogP contribution in [-0.4, -0.2) is 47.0 Å². The largest absolute Gasteiger partial charge is 0.334 e. The SMILES string of the molecule is CNC1CCN(C(=O)c2nc3ccccc3[nH]2)C1. The molecule has 2 N–H and O–H groups in total. The molecule has 2 heterocycles. The lowest BCUT2D eigenvalue weighted by Gasteiger charge is -2.14. The van der Waals surface area contributed by atoms with Crippen LogP contribution in [0.1, 0.15) is 17.0 Å². The van der Waals surface area contributed by atoms with Gasteiger partial charge in [0.15, 0.2) is 5.82 Å². The second-order valence-corrected chi connectivity index (χ2v) is 4.63. The zero-order valence-corrected chi connectivity index (χ0v) is 10.3. The van der Waals surface area contributed by atoms with Gasteiger partial charge in [-0.3, -0.25) is 4.79 Å². The van der Waals surface area contributed by atoms with Crippen LogP contribution >= 0.6 is 0 Å². The Hall–Kier alpha value is -1.88. The van der Waals surface area contributed by atoms with Crippen LogP contribution in [0.15, 0.2) is 24.3 Å². The summed E-state index contributed by atoms with van der Waals surface area (Å²) in [5.41, 5.74) is 1.75. The van der Waals surface area contributed by atoms with Gasteiger partial charge < -0.3 is 15.2 Å². The van der Waals surface area contributed by atoms with E-state index in [1.165, 1.54) is 0 Å². The molecule has 1 fully saturated rings. The highest BCUT2D eigenvalue weighted by Gasteiger charge is 2.27. The molecule has 1 unspecified atom stereocenters. The minimum atomic E-state index is -0.0102. The third-order valence-corrected chi connectivity index (χ3v) is 3.48. The molecule has 5 heteroatoms. The number of nitrogens with one attached hydrogen (secondary N) is 2. The summed E-state index contributed by atoms with van der Waals surface area (Å²) in [6.07, 6.45) is 1.00. The topological polar surface area (TPSA) is 61.0 Å². The predicted molar refractivity (Wildman–Crippen MR) is 69.5 cm³/mol. The summed E-state index contributed by atoms with van der Waals surface area (Å²) < 4.78 is 0. The number of likely N-dealkylation sites (N-methyl/N-ethyl adjacent to an activating group) is 1. The number of rotatable bonds is 2. The third-order valence-electron chi connectivity index (χ3n) is 3.48. The first kappa shape index (κ1) is 11.2. The van der Waals surface area contributed by atoms with E-state index >= 15 is 0 Å². The number of benzene rings is 1. The van der Waals surface area contributed by atoms with Crippen LogP contribution in [0, 0.1) is 0 Å². The van der Waals surface area contributed by atoms with Crippen molar-refractivity contribution in [1.29, 1.82) is 0 Å². The Morgan fingerprint density at radius 2 is 2.33 bits per heavy atom. The molecule has 1 amide bonds. The number of hydrogen-bond donors (Lipinski definition) is 2. The first-order chi connectivity index (χ1) is 8.78. The summed E-state index contributed by atoms with van der Waals surface area (Å²) in [6, 6.07) is 8.09. The Bertz CT molecular complexity index is 544. The van der Waals surface area contributed by atoms with E-state index < -0.39 is 0 Å². The molecule has 1 aliphatic heterocycles. The molecule has 1 saturated heterocycles. The molecule has 0 aliphatic carbocycles. The Morgan fingerprint density at radius 3 is 3.06 bits per heavy atom. The van der Waals surface area contributed by atoms with E-state index in [9.17, 15) is 4.79 Å². The molecule has 0 saturated carbocycles. The standard InChI is InChI=1S/C13H16N4O/c1-14-9-6-7-17(8-9)13(18)12-15-10-4-2-3-5-11(10)16-12/h2-5,9,14H,6-8H2,1H3,(H,15,16). The van der Waals surface area contributed by atoms with Crippen LogP contribution in [-0.2, 0) is 0 Å². The summed E-state index contributed by atoms with van der Waals surface area (Å²) in [6.45, 7) is 1.55. The van der Waals surface area contributed by atoms with Gasteiger partial charge in [0.05, 0.1) is 11.0 Å². The van der Waals surface area contributed by atoms with Gasteiger partial charge in [-0.05, 0) is 25.6 Å². The highest BCUT2D eigenvalue weighted by Crippen LogP contribution is 2.15. The smallest absolute Gasteiger partial charge is 0.289 e. The Morgan fingerprint density at radius 1 is 1.50 bits per heavy atom. The van der Waals surface area contributed by atoms with Crippen molar-refractivity contribution in [2.24, 2.45) is 0 Å². The fourth-order valence-electron chi connectivity index (χ4n) is 2.38. The van der Waals surface area contributed by atoms with Crippen molar-refractivity contribution in [3.8, 4) is 0 Å². The van der Waals surface area contributed by atoms with E-state index in [1.54, 1.807) is 0 Å². The molecule has 1 aromatic carbocycles. The Labute approximate surface area is 105 Å². The van der Waals surface area contributed by atoms with Crippen molar-refractivity contribution in [2.45, 2.75) is 12.5 Å². The molecule has 94 valence electrons. The van der Waals surface area contributed by atoms with Gasteiger partial charge in [-0.25, -0.2) is 4.98 Å². The number of nitrogens with zero attached hydrogens (tertiary/aromatic N) is 2. The first-order valence-electron chi connectivity index (χ1n) is 6.19. The van der Waals surface area contributed by atoms with Crippen LogP contribution in [0.3, 0.4) is 0 Å². The molecule has 3 rings (SSSR count). The lowest BCUT2D eigenvalue weighted by molar-refractivity contribution is 0.0779. The maximum absolute atomic E-state index is 12.3. The molecular formula is C13H16N4O.